The van der Waals surface area contributed by atoms with E-state index in [0.717, 1.165) is 49.0 Å². The fourth-order valence-electron chi connectivity index (χ4n) is 4.36. The number of anilines is 4. The van der Waals surface area contributed by atoms with Crippen molar-refractivity contribution in [2.45, 2.75) is 6.92 Å². The van der Waals surface area contributed by atoms with E-state index in [9.17, 15) is 14.4 Å². The fourth-order valence-corrected chi connectivity index (χ4v) is 4.36. The molecule has 0 radical (unpaired) electrons. The van der Waals surface area contributed by atoms with Crippen LogP contribution in [0.5, 0.6) is 0 Å². The minimum absolute atomic E-state index is 0. The van der Waals surface area contributed by atoms with Crippen molar-refractivity contribution in [2.24, 2.45) is 9.98 Å². The molecule has 0 saturated heterocycles. The van der Waals surface area contributed by atoms with Crippen LogP contribution in [0.25, 0.3) is 0 Å². The second kappa shape index (κ2) is 14.0. The Morgan fingerprint density at radius 3 is 1.64 bits per heavy atom. The van der Waals surface area contributed by atoms with E-state index in [1.807, 2.05) is 24.3 Å². The molecule has 0 spiro atoms. The summed E-state index contributed by atoms with van der Waals surface area (Å²) in [4.78, 5) is 47.0. The number of carbonyl (C=O) groups excluding carboxylic acids is 3. The molecular weight excluding hydrogens is 558 g/mol. The van der Waals surface area contributed by atoms with Gasteiger partial charge < -0.3 is 37.2 Å². The van der Waals surface area contributed by atoms with Crippen LogP contribution in [0.15, 0.2) is 76.7 Å². The maximum absolute atomic E-state index is 12.9. The van der Waals surface area contributed by atoms with E-state index in [4.69, 9.17) is 0 Å². The number of hydrogen-bond acceptors (Lipinski definition) is 7. The minimum Gasteiger partial charge on any atom is -0.368 e. The van der Waals surface area contributed by atoms with Crippen LogP contribution in [0, 0.1) is 0 Å². The van der Waals surface area contributed by atoms with Gasteiger partial charge in [-0.1, -0.05) is 0 Å². The van der Waals surface area contributed by atoms with Crippen LogP contribution >= 0.6 is 12.4 Å². The van der Waals surface area contributed by atoms with Crippen molar-refractivity contribution in [3.63, 3.8) is 0 Å². The van der Waals surface area contributed by atoms with Gasteiger partial charge in [-0.15, -0.1) is 12.4 Å². The molecule has 0 aromatic heterocycles. The van der Waals surface area contributed by atoms with Gasteiger partial charge in [-0.3, -0.25) is 14.8 Å². The topological polar surface area (TPSA) is 160 Å². The van der Waals surface area contributed by atoms with E-state index >= 15 is 0 Å². The zero-order chi connectivity index (χ0) is 28.6. The highest BCUT2D eigenvalue weighted by Gasteiger charge is 2.16. The Balaban J connectivity index is 0.00000405. The number of halogens is 1. The molecule has 2 aliphatic rings. The molecule has 42 heavy (non-hydrogen) atoms. The number of hydrogen-bond donors (Lipinski definition) is 7. The van der Waals surface area contributed by atoms with Crippen molar-refractivity contribution in [3.05, 3.63) is 83.4 Å². The molecule has 7 N–H and O–H groups in total. The lowest BCUT2D eigenvalue weighted by molar-refractivity contribution is 0.0956. The maximum atomic E-state index is 12.9. The molecule has 218 valence electrons. The van der Waals surface area contributed by atoms with E-state index < -0.39 is 12.1 Å². The third kappa shape index (κ3) is 7.55. The fraction of sp³-hybridized carbons (Fsp3) is 0.207. The quantitative estimate of drug-likeness (QED) is 0.212. The average Bonchev–Trinajstić information content (AvgIpc) is 3.70. The van der Waals surface area contributed by atoms with Gasteiger partial charge >= 0.3 is 12.1 Å². The van der Waals surface area contributed by atoms with Crippen molar-refractivity contribution in [1.29, 1.82) is 0 Å². The van der Waals surface area contributed by atoms with Crippen LogP contribution in [0.1, 0.15) is 28.4 Å². The van der Waals surface area contributed by atoms with Gasteiger partial charge in [0.15, 0.2) is 0 Å². The summed E-state index contributed by atoms with van der Waals surface area (Å²) in [6, 6.07) is 18.3. The van der Waals surface area contributed by atoms with Gasteiger partial charge in [-0.05, 0) is 73.7 Å². The maximum Gasteiger partial charge on any atom is 0.323 e. The Kier molecular flexibility index (Phi) is 9.95. The molecule has 5 amide bonds. The third-order valence-corrected chi connectivity index (χ3v) is 6.29. The van der Waals surface area contributed by atoms with Gasteiger partial charge in [-0.25, -0.2) is 9.59 Å². The number of nitrogens with zero attached hydrogens (tertiary/aromatic N) is 2. The first-order valence-electron chi connectivity index (χ1n) is 13.3. The molecule has 2 heterocycles. The Labute approximate surface area is 249 Å². The summed E-state index contributed by atoms with van der Waals surface area (Å²) in [5, 5.41) is 20.2. The molecule has 0 aliphatic carbocycles. The molecule has 0 atom stereocenters. The van der Waals surface area contributed by atoms with Crippen molar-refractivity contribution in [1.82, 2.24) is 16.0 Å². The molecule has 0 saturated carbocycles. The van der Waals surface area contributed by atoms with Crippen molar-refractivity contribution >= 4 is 64.8 Å². The highest BCUT2D eigenvalue weighted by atomic mass is 35.5. The molecule has 12 nitrogen and oxygen atoms in total. The average molecular weight is 590 g/mol. The summed E-state index contributed by atoms with van der Waals surface area (Å²) < 4.78 is 0. The summed E-state index contributed by atoms with van der Waals surface area (Å²) in [5.41, 5.74) is 3.93. The summed E-state index contributed by atoms with van der Waals surface area (Å²) in [6.07, 6.45) is 0. The molecule has 13 heteroatoms. The number of amides is 5. The third-order valence-electron chi connectivity index (χ3n) is 6.29. The largest absolute Gasteiger partial charge is 0.368 e. The van der Waals surface area contributed by atoms with Gasteiger partial charge in [0.05, 0.1) is 24.3 Å². The van der Waals surface area contributed by atoms with E-state index in [0.29, 0.717) is 23.6 Å². The van der Waals surface area contributed by atoms with Crippen molar-refractivity contribution in [3.8, 4) is 0 Å². The predicted molar refractivity (Wildman–Crippen MR) is 169 cm³/mol. The summed E-state index contributed by atoms with van der Waals surface area (Å²) in [5.74, 6) is 1.31. The SMILES string of the molecule is CCNC(=O)c1ccc(NC(=O)Nc2ccc(C3=NCCN3)cc2)cc1NC(=O)Nc1ccc(C2=NCCN2)cc1.Cl. The zero-order valence-corrected chi connectivity index (χ0v) is 23.7. The Morgan fingerprint density at radius 1 is 0.690 bits per heavy atom. The molecule has 0 unspecified atom stereocenters. The monoisotopic (exact) mass is 589 g/mol. The smallest absolute Gasteiger partial charge is 0.323 e. The lowest BCUT2D eigenvalue weighted by Gasteiger charge is -2.15. The number of amidine groups is 2. The minimum atomic E-state index is -0.539. The number of urea groups is 2. The summed E-state index contributed by atoms with van der Waals surface area (Å²) in [6.45, 7) is 5.33. The van der Waals surface area contributed by atoms with Gasteiger partial charge in [-0.2, -0.15) is 0 Å². The van der Waals surface area contributed by atoms with Crippen LogP contribution in [0.3, 0.4) is 0 Å². The Bertz CT molecular complexity index is 1510. The van der Waals surface area contributed by atoms with E-state index in [2.05, 4.69) is 47.2 Å². The van der Waals surface area contributed by atoms with E-state index in [1.165, 1.54) is 6.07 Å². The first-order valence-corrected chi connectivity index (χ1v) is 13.3. The van der Waals surface area contributed by atoms with Gasteiger partial charge in [0.1, 0.15) is 11.7 Å². The van der Waals surface area contributed by atoms with E-state index in [1.54, 1.807) is 43.3 Å². The lowest BCUT2D eigenvalue weighted by Crippen LogP contribution is -2.26. The molecule has 0 bridgehead atoms. The van der Waals surface area contributed by atoms with Gasteiger partial charge in [0, 0.05) is 47.8 Å². The molecule has 3 aromatic rings. The normalized spacial score (nSPS) is 13.4. The molecule has 5 rings (SSSR count). The molecule has 0 fully saturated rings. The molecule has 3 aromatic carbocycles. The zero-order valence-electron chi connectivity index (χ0n) is 22.9. The second-order valence-corrected chi connectivity index (χ2v) is 9.25. The van der Waals surface area contributed by atoms with Gasteiger partial charge in [0.25, 0.3) is 5.91 Å². The van der Waals surface area contributed by atoms with Crippen LogP contribution in [0.4, 0.5) is 32.3 Å². The Hall–Kier alpha value is -5.10. The standard InChI is InChI=1S/C29H31N9O3.ClH/c1-2-30-27(39)23-12-11-22(37-28(40)35-20-7-3-18(4-8-20)25-31-13-14-32-25)17-24(23)38-29(41)36-21-9-5-19(6-10-21)26-33-15-16-34-26;/h3-12,17H,2,13-16H2,1H3,(H,30,39)(H,31,32)(H,33,34)(H2,35,37,40)(H2,36,38,41);1H. The number of aliphatic imine (C=N–C) groups is 2. The van der Waals surface area contributed by atoms with Crippen LogP contribution in [-0.4, -0.2) is 62.4 Å². The highest BCUT2D eigenvalue weighted by Crippen LogP contribution is 2.23. The summed E-state index contributed by atoms with van der Waals surface area (Å²) in [7, 11) is 0. The van der Waals surface area contributed by atoms with Crippen molar-refractivity contribution in [2.75, 3.05) is 54.0 Å². The number of carbonyl (C=O) groups is 3. The van der Waals surface area contributed by atoms with Crippen LogP contribution < -0.4 is 37.2 Å². The molecule has 2 aliphatic heterocycles. The lowest BCUT2D eigenvalue weighted by atomic mass is 10.1. The number of rotatable bonds is 8. The van der Waals surface area contributed by atoms with Crippen LogP contribution in [-0.2, 0) is 0 Å². The predicted octanol–water partition coefficient (Wildman–Crippen LogP) is 3.85. The van der Waals surface area contributed by atoms with Gasteiger partial charge in [0.2, 0.25) is 0 Å². The highest BCUT2D eigenvalue weighted by molar-refractivity contribution is 6.08. The van der Waals surface area contributed by atoms with Crippen LogP contribution in [0.2, 0.25) is 0 Å². The first-order chi connectivity index (χ1) is 20.0. The first kappa shape index (κ1) is 29.9. The number of benzene rings is 3. The second-order valence-electron chi connectivity index (χ2n) is 9.25. The van der Waals surface area contributed by atoms with E-state index in [-0.39, 0.29) is 29.6 Å². The molecular formula is C29H32ClN9O3. The summed E-state index contributed by atoms with van der Waals surface area (Å²) >= 11 is 0. The Morgan fingerprint density at radius 2 is 1.17 bits per heavy atom. The van der Waals surface area contributed by atoms with Crippen molar-refractivity contribution < 1.29 is 14.4 Å². The number of nitrogens with one attached hydrogen (secondary N) is 7.